The molecule has 2 aromatic heterocycles. The predicted molar refractivity (Wildman–Crippen MR) is 129 cm³/mol. The molecule has 6 heteroatoms. The molecular weight excluding hydrogens is 412 g/mol. The fourth-order valence-electron chi connectivity index (χ4n) is 4.08. The highest BCUT2D eigenvalue weighted by molar-refractivity contribution is 5.98. The van der Waals surface area contributed by atoms with Crippen LogP contribution in [0.3, 0.4) is 0 Å². The Bertz CT molecular complexity index is 1600. The number of aromatic carboxylic acids is 1. The average molecular weight is 432 g/mol. The number of para-hydroxylation sites is 1. The summed E-state index contributed by atoms with van der Waals surface area (Å²) in [6.45, 7) is 2.53. The van der Waals surface area contributed by atoms with Gasteiger partial charge in [-0.25, -0.2) is 9.78 Å². The maximum atomic E-state index is 11.3. The highest BCUT2D eigenvalue weighted by Gasteiger charge is 2.12. The molecule has 33 heavy (non-hydrogen) atoms. The molecule has 0 aliphatic carbocycles. The number of nitrogens with zero attached hydrogens (tertiary/aromatic N) is 3. The van der Waals surface area contributed by atoms with E-state index in [1.165, 1.54) is 0 Å². The molecule has 0 atom stereocenters. The number of nitrogens with one attached hydrogen (secondary N) is 1. The number of imidazole rings is 1. The minimum Gasteiger partial charge on any atom is -0.478 e. The molecule has 0 saturated carbocycles. The number of rotatable bonds is 5. The maximum absolute atomic E-state index is 11.3. The van der Waals surface area contributed by atoms with Crippen LogP contribution >= 0.6 is 0 Å². The summed E-state index contributed by atoms with van der Waals surface area (Å²) in [6.07, 6.45) is 3.83. The topological polar surface area (TPSA) is 94.7 Å². The molecule has 3 aromatic carbocycles. The summed E-state index contributed by atoms with van der Waals surface area (Å²) < 4.78 is 2.07. The zero-order valence-electron chi connectivity index (χ0n) is 17.9. The lowest BCUT2D eigenvalue weighted by molar-refractivity contribution is 0.0696. The number of fused-ring (bicyclic) bond motifs is 2. The smallest absolute Gasteiger partial charge is 0.335 e. The zero-order valence-corrected chi connectivity index (χ0v) is 17.9. The van der Waals surface area contributed by atoms with Crippen molar-refractivity contribution in [2.45, 2.75) is 13.5 Å². The van der Waals surface area contributed by atoms with Gasteiger partial charge in [0.15, 0.2) is 0 Å². The van der Waals surface area contributed by atoms with Crippen LogP contribution in [0, 0.1) is 18.3 Å². The van der Waals surface area contributed by atoms with E-state index in [4.69, 9.17) is 0 Å². The molecule has 5 rings (SSSR count). The molecule has 0 aliphatic heterocycles. The molecule has 0 saturated heterocycles. The van der Waals surface area contributed by atoms with Crippen molar-refractivity contribution in [3.05, 3.63) is 101 Å². The largest absolute Gasteiger partial charge is 0.478 e. The van der Waals surface area contributed by atoms with E-state index in [-0.39, 0.29) is 5.56 Å². The van der Waals surface area contributed by atoms with Crippen LogP contribution in [0.25, 0.3) is 33.6 Å². The first-order valence-electron chi connectivity index (χ1n) is 10.5. The Morgan fingerprint density at radius 3 is 2.82 bits per heavy atom. The van der Waals surface area contributed by atoms with Crippen molar-refractivity contribution in [2.24, 2.45) is 0 Å². The normalized spacial score (nSPS) is 11.7. The first kappa shape index (κ1) is 20.3. The Hall–Kier alpha value is -4.63. The fraction of sp³-hybridized carbons (Fsp3) is 0.0741. The number of aryl methyl sites for hydroxylation is 1. The second-order valence-corrected chi connectivity index (χ2v) is 8.01. The van der Waals surface area contributed by atoms with Gasteiger partial charge in [0.1, 0.15) is 11.9 Å². The number of hydrogen-bond acceptors (Lipinski definition) is 3. The number of aromatic nitrogens is 3. The van der Waals surface area contributed by atoms with E-state index in [0.717, 1.165) is 38.6 Å². The molecule has 0 fully saturated rings. The van der Waals surface area contributed by atoms with E-state index in [1.54, 1.807) is 18.2 Å². The predicted octanol–water partition coefficient (Wildman–Crippen LogP) is 5.64. The van der Waals surface area contributed by atoms with Crippen molar-refractivity contribution in [3.63, 3.8) is 0 Å². The van der Waals surface area contributed by atoms with Crippen LogP contribution in [0.5, 0.6) is 0 Å². The molecule has 0 unspecified atom stereocenters. The number of benzene rings is 3. The van der Waals surface area contributed by atoms with Gasteiger partial charge in [-0.15, -0.1) is 0 Å². The summed E-state index contributed by atoms with van der Waals surface area (Å²) >= 11 is 0. The van der Waals surface area contributed by atoms with Gasteiger partial charge in [-0.1, -0.05) is 36.4 Å². The van der Waals surface area contributed by atoms with Crippen molar-refractivity contribution >= 4 is 39.6 Å². The lowest BCUT2D eigenvalue weighted by Crippen LogP contribution is -2.01. The van der Waals surface area contributed by atoms with Crippen molar-refractivity contribution in [3.8, 4) is 6.07 Å². The van der Waals surface area contributed by atoms with Crippen molar-refractivity contribution in [2.75, 3.05) is 0 Å². The Morgan fingerprint density at radius 1 is 1.15 bits per heavy atom. The highest BCUT2D eigenvalue weighted by Crippen LogP contribution is 2.27. The Balaban J connectivity index is 1.58. The molecular formula is C27H20N4O2. The SMILES string of the molecule is Cc1ccc2nc(/C(C#N)=C\c3cn(Cc4cccc(C(=O)O)c4)c4ccccc34)[nH]c2c1. The van der Waals surface area contributed by atoms with E-state index in [1.807, 2.05) is 67.7 Å². The van der Waals surface area contributed by atoms with Gasteiger partial charge in [0.05, 0.1) is 22.2 Å². The van der Waals surface area contributed by atoms with Crippen LogP contribution in [-0.2, 0) is 6.54 Å². The van der Waals surface area contributed by atoms with Gasteiger partial charge in [-0.05, 0) is 54.5 Å². The summed E-state index contributed by atoms with van der Waals surface area (Å²) in [7, 11) is 0. The number of aromatic amines is 1. The molecule has 160 valence electrons. The first-order valence-corrected chi connectivity index (χ1v) is 10.5. The molecule has 2 N–H and O–H groups in total. The highest BCUT2D eigenvalue weighted by atomic mass is 16.4. The summed E-state index contributed by atoms with van der Waals surface area (Å²) in [4.78, 5) is 19.2. The van der Waals surface area contributed by atoms with Gasteiger partial charge in [0, 0.05) is 29.2 Å². The Morgan fingerprint density at radius 2 is 2.00 bits per heavy atom. The van der Waals surface area contributed by atoms with Gasteiger partial charge in [-0.2, -0.15) is 5.26 Å². The van der Waals surface area contributed by atoms with Crippen LogP contribution in [0.15, 0.2) is 72.9 Å². The maximum Gasteiger partial charge on any atom is 0.335 e. The summed E-state index contributed by atoms with van der Waals surface area (Å²) in [5, 5.41) is 20.2. The van der Waals surface area contributed by atoms with Crippen LogP contribution < -0.4 is 0 Å². The minimum absolute atomic E-state index is 0.260. The third-order valence-corrected chi connectivity index (χ3v) is 5.66. The quantitative estimate of drug-likeness (QED) is 0.352. The van der Waals surface area contributed by atoms with Gasteiger partial charge >= 0.3 is 5.97 Å². The lowest BCUT2D eigenvalue weighted by Gasteiger charge is -2.06. The standard InChI is InChI=1S/C27H20N4O2/c1-17-9-10-23-24(11-17)30-26(29-23)20(14-28)13-21-16-31(25-8-3-2-7-22(21)25)15-18-5-4-6-19(12-18)27(32)33/h2-13,16H,15H2,1H3,(H,29,30)(H,32,33)/b20-13-. The number of carbonyl (C=O) groups is 1. The molecule has 0 bridgehead atoms. The number of H-pyrrole nitrogens is 1. The van der Waals surface area contributed by atoms with Gasteiger partial charge in [0.2, 0.25) is 0 Å². The van der Waals surface area contributed by atoms with E-state index in [0.29, 0.717) is 17.9 Å². The number of allylic oxidation sites excluding steroid dienone is 1. The van der Waals surface area contributed by atoms with Crippen molar-refractivity contribution in [1.29, 1.82) is 5.26 Å². The van der Waals surface area contributed by atoms with Gasteiger partial charge in [-0.3, -0.25) is 0 Å². The van der Waals surface area contributed by atoms with Crippen LogP contribution in [0.1, 0.15) is 32.9 Å². The van der Waals surface area contributed by atoms with E-state index in [9.17, 15) is 15.2 Å². The van der Waals surface area contributed by atoms with Gasteiger partial charge in [0.25, 0.3) is 0 Å². The van der Waals surface area contributed by atoms with Crippen molar-refractivity contribution < 1.29 is 9.90 Å². The fourth-order valence-corrected chi connectivity index (χ4v) is 4.08. The summed E-state index contributed by atoms with van der Waals surface area (Å²) in [5.41, 5.74) is 6.32. The molecule has 0 amide bonds. The first-order chi connectivity index (χ1) is 16.0. The third kappa shape index (κ3) is 3.88. The van der Waals surface area contributed by atoms with Crippen LogP contribution in [-0.4, -0.2) is 25.6 Å². The second-order valence-electron chi connectivity index (χ2n) is 8.01. The zero-order chi connectivity index (χ0) is 22.9. The molecule has 5 aromatic rings. The molecule has 0 aliphatic rings. The van der Waals surface area contributed by atoms with E-state index >= 15 is 0 Å². The average Bonchev–Trinajstić information content (AvgIpc) is 3.38. The van der Waals surface area contributed by atoms with Gasteiger partial charge < -0.3 is 14.7 Å². The third-order valence-electron chi connectivity index (χ3n) is 5.66. The van der Waals surface area contributed by atoms with Crippen LogP contribution in [0.2, 0.25) is 0 Å². The van der Waals surface area contributed by atoms with E-state index < -0.39 is 5.97 Å². The number of carboxylic acids is 1. The summed E-state index contributed by atoms with van der Waals surface area (Å²) in [5.74, 6) is -0.415. The number of nitriles is 1. The molecule has 2 heterocycles. The molecule has 6 nitrogen and oxygen atoms in total. The second kappa shape index (κ2) is 8.13. The minimum atomic E-state index is -0.947. The lowest BCUT2D eigenvalue weighted by atomic mass is 10.1. The van der Waals surface area contributed by atoms with E-state index in [2.05, 4.69) is 20.6 Å². The molecule has 0 radical (unpaired) electrons. The molecule has 0 spiro atoms. The monoisotopic (exact) mass is 432 g/mol. The summed E-state index contributed by atoms with van der Waals surface area (Å²) in [6, 6.07) is 23.1. The Labute approximate surface area is 190 Å². The number of carboxylic acid groups (broad SMARTS) is 1. The Kier molecular flexibility index (Phi) is 5.00. The number of hydrogen-bond donors (Lipinski definition) is 2. The van der Waals surface area contributed by atoms with Crippen molar-refractivity contribution in [1.82, 2.24) is 14.5 Å². The van der Waals surface area contributed by atoms with Crippen LogP contribution in [0.4, 0.5) is 0 Å².